The van der Waals surface area contributed by atoms with Crippen LogP contribution in [0.2, 0.25) is 5.02 Å². The predicted molar refractivity (Wildman–Crippen MR) is 79.5 cm³/mol. The monoisotopic (exact) mass is 307 g/mol. The molecule has 0 bridgehead atoms. The van der Waals surface area contributed by atoms with Crippen molar-refractivity contribution in [3.8, 4) is 23.0 Å². The Morgan fingerprint density at radius 1 is 1.00 bits per heavy atom. The maximum absolute atomic E-state index is 9.47. The zero-order valence-electron chi connectivity index (χ0n) is 11.1. The molecule has 0 unspecified atom stereocenters. The molecule has 6 heteroatoms. The highest BCUT2D eigenvalue weighted by atomic mass is 35.5. The van der Waals surface area contributed by atoms with Gasteiger partial charge in [-0.25, -0.2) is 0 Å². The Morgan fingerprint density at radius 2 is 1.71 bits per heavy atom. The van der Waals surface area contributed by atoms with E-state index in [1.54, 1.807) is 18.2 Å². The second kappa shape index (κ2) is 5.61. The lowest BCUT2D eigenvalue weighted by molar-refractivity contribution is 0.171. The molecule has 0 fully saturated rings. The first-order valence-corrected chi connectivity index (χ1v) is 6.85. The van der Waals surface area contributed by atoms with Crippen molar-refractivity contribution in [2.45, 2.75) is 6.54 Å². The molecule has 110 valence electrons. The van der Waals surface area contributed by atoms with Gasteiger partial charge in [0.05, 0.1) is 10.7 Å². The Hall–Kier alpha value is -2.27. The summed E-state index contributed by atoms with van der Waals surface area (Å²) in [6.07, 6.45) is 0. The molecule has 0 aromatic heterocycles. The molecule has 0 saturated carbocycles. The van der Waals surface area contributed by atoms with E-state index in [9.17, 15) is 10.2 Å². The van der Waals surface area contributed by atoms with E-state index < -0.39 is 0 Å². The van der Waals surface area contributed by atoms with Crippen LogP contribution in [0.25, 0.3) is 0 Å². The average Bonchev–Trinajstić information content (AvgIpc) is 2.48. The Morgan fingerprint density at radius 3 is 2.43 bits per heavy atom. The van der Waals surface area contributed by atoms with E-state index >= 15 is 0 Å². The summed E-state index contributed by atoms with van der Waals surface area (Å²) in [6, 6.07) is 8.16. The average molecular weight is 308 g/mol. The highest BCUT2D eigenvalue weighted by Crippen LogP contribution is 2.38. The standard InChI is InChI=1S/C15H14ClNO4/c16-10-6-14-15(21-4-3-20-14)7-11(10)17-8-9-1-2-12(18)13(19)5-9/h1-2,5-7,17-19H,3-4,8H2. The van der Waals surface area contributed by atoms with E-state index in [1.807, 2.05) is 0 Å². The van der Waals surface area contributed by atoms with Gasteiger partial charge in [0.1, 0.15) is 13.2 Å². The molecule has 3 rings (SSSR count). The lowest BCUT2D eigenvalue weighted by Gasteiger charge is -2.20. The minimum absolute atomic E-state index is 0.142. The number of rotatable bonds is 3. The molecular formula is C15H14ClNO4. The molecule has 3 N–H and O–H groups in total. The fourth-order valence-electron chi connectivity index (χ4n) is 2.08. The van der Waals surface area contributed by atoms with Gasteiger partial charge in [-0.1, -0.05) is 17.7 Å². The van der Waals surface area contributed by atoms with E-state index in [2.05, 4.69) is 5.32 Å². The van der Waals surface area contributed by atoms with Crippen LogP contribution in [0.1, 0.15) is 5.56 Å². The van der Waals surface area contributed by atoms with Gasteiger partial charge in [0.2, 0.25) is 0 Å². The molecule has 0 aliphatic carbocycles. The van der Waals surface area contributed by atoms with Crippen molar-refractivity contribution in [1.29, 1.82) is 0 Å². The second-order valence-electron chi connectivity index (χ2n) is 4.65. The molecule has 2 aromatic rings. The Labute approximate surface area is 126 Å². The molecule has 0 spiro atoms. The van der Waals surface area contributed by atoms with Crippen LogP contribution in [-0.4, -0.2) is 23.4 Å². The normalized spacial score (nSPS) is 13.0. The summed E-state index contributed by atoms with van der Waals surface area (Å²) in [7, 11) is 0. The summed E-state index contributed by atoms with van der Waals surface area (Å²) >= 11 is 6.20. The van der Waals surface area contributed by atoms with E-state index in [0.717, 1.165) is 5.56 Å². The topological polar surface area (TPSA) is 71.0 Å². The van der Waals surface area contributed by atoms with Gasteiger partial charge in [-0.3, -0.25) is 0 Å². The number of hydrogen-bond acceptors (Lipinski definition) is 5. The lowest BCUT2D eigenvalue weighted by atomic mass is 10.2. The zero-order valence-corrected chi connectivity index (χ0v) is 11.9. The van der Waals surface area contributed by atoms with Gasteiger partial charge in [-0.2, -0.15) is 0 Å². The number of anilines is 1. The van der Waals surface area contributed by atoms with E-state index in [1.165, 1.54) is 12.1 Å². The Balaban J connectivity index is 1.77. The quantitative estimate of drug-likeness (QED) is 0.760. The van der Waals surface area contributed by atoms with Crippen LogP contribution in [-0.2, 0) is 6.54 Å². The number of halogens is 1. The first-order chi connectivity index (χ1) is 10.1. The van der Waals surface area contributed by atoms with Gasteiger partial charge in [0.25, 0.3) is 0 Å². The third-order valence-electron chi connectivity index (χ3n) is 3.15. The first-order valence-electron chi connectivity index (χ1n) is 6.47. The molecule has 1 aliphatic rings. The summed E-state index contributed by atoms with van der Waals surface area (Å²) in [5, 5.41) is 22.4. The fourth-order valence-corrected chi connectivity index (χ4v) is 2.30. The largest absolute Gasteiger partial charge is 0.504 e. The first kappa shape index (κ1) is 13.7. The van der Waals surface area contributed by atoms with Crippen molar-refractivity contribution < 1.29 is 19.7 Å². The minimum atomic E-state index is -0.150. The number of nitrogens with one attached hydrogen (secondary N) is 1. The number of fused-ring (bicyclic) bond motifs is 1. The maximum Gasteiger partial charge on any atom is 0.163 e. The van der Waals surface area contributed by atoms with Crippen molar-refractivity contribution in [3.05, 3.63) is 40.9 Å². The Bertz CT molecular complexity index is 675. The van der Waals surface area contributed by atoms with Crippen LogP contribution < -0.4 is 14.8 Å². The van der Waals surface area contributed by atoms with Gasteiger partial charge in [-0.05, 0) is 17.7 Å². The van der Waals surface area contributed by atoms with Crippen LogP contribution in [0.15, 0.2) is 30.3 Å². The maximum atomic E-state index is 9.47. The fraction of sp³-hybridized carbons (Fsp3) is 0.200. The molecule has 0 saturated heterocycles. The summed E-state index contributed by atoms with van der Waals surface area (Å²) < 4.78 is 11.0. The number of phenols is 2. The van der Waals surface area contributed by atoms with Crippen molar-refractivity contribution in [1.82, 2.24) is 0 Å². The molecular weight excluding hydrogens is 294 g/mol. The van der Waals surface area contributed by atoms with E-state index in [0.29, 0.717) is 42.0 Å². The highest BCUT2D eigenvalue weighted by molar-refractivity contribution is 6.33. The van der Waals surface area contributed by atoms with Crippen molar-refractivity contribution >= 4 is 17.3 Å². The lowest BCUT2D eigenvalue weighted by Crippen LogP contribution is -2.15. The molecule has 1 heterocycles. The summed E-state index contributed by atoms with van der Waals surface area (Å²) in [4.78, 5) is 0. The molecule has 0 radical (unpaired) electrons. The Kier molecular flexibility index (Phi) is 3.66. The molecule has 2 aromatic carbocycles. The minimum Gasteiger partial charge on any atom is -0.504 e. The van der Waals surface area contributed by atoms with Gasteiger partial charge in [-0.15, -0.1) is 0 Å². The van der Waals surface area contributed by atoms with E-state index in [4.69, 9.17) is 21.1 Å². The third-order valence-corrected chi connectivity index (χ3v) is 3.47. The SMILES string of the molecule is Oc1ccc(CNc2cc3c(cc2Cl)OCCO3)cc1O. The molecule has 5 nitrogen and oxygen atoms in total. The van der Waals surface area contributed by atoms with Crippen LogP contribution in [0, 0.1) is 0 Å². The third kappa shape index (κ3) is 2.92. The van der Waals surface area contributed by atoms with Crippen molar-refractivity contribution in [2.24, 2.45) is 0 Å². The molecule has 1 aliphatic heterocycles. The van der Waals surface area contributed by atoms with Gasteiger partial charge in [0.15, 0.2) is 23.0 Å². The number of benzene rings is 2. The number of phenolic OH excluding ortho intramolecular Hbond substituents is 2. The molecule has 0 atom stereocenters. The van der Waals surface area contributed by atoms with Gasteiger partial charge >= 0.3 is 0 Å². The van der Waals surface area contributed by atoms with Crippen molar-refractivity contribution in [2.75, 3.05) is 18.5 Å². The summed E-state index contributed by atoms with van der Waals surface area (Å²) in [5.41, 5.74) is 1.53. The number of hydrogen-bond donors (Lipinski definition) is 3. The van der Waals surface area contributed by atoms with Crippen molar-refractivity contribution in [3.63, 3.8) is 0 Å². The smallest absolute Gasteiger partial charge is 0.163 e. The molecule has 0 amide bonds. The molecule has 21 heavy (non-hydrogen) atoms. The van der Waals surface area contributed by atoms with Crippen LogP contribution in [0.3, 0.4) is 0 Å². The summed E-state index contributed by atoms with van der Waals surface area (Å²) in [5.74, 6) is 1.000. The number of aromatic hydroxyl groups is 2. The zero-order chi connectivity index (χ0) is 14.8. The second-order valence-corrected chi connectivity index (χ2v) is 5.06. The van der Waals surface area contributed by atoms with Gasteiger partial charge in [0, 0.05) is 18.7 Å². The predicted octanol–water partition coefficient (Wildman–Crippen LogP) is 3.13. The van der Waals surface area contributed by atoms with E-state index in [-0.39, 0.29) is 11.5 Å². The highest BCUT2D eigenvalue weighted by Gasteiger charge is 2.15. The number of ether oxygens (including phenoxy) is 2. The van der Waals surface area contributed by atoms with Crippen LogP contribution in [0.4, 0.5) is 5.69 Å². The van der Waals surface area contributed by atoms with Crippen LogP contribution in [0.5, 0.6) is 23.0 Å². The van der Waals surface area contributed by atoms with Gasteiger partial charge < -0.3 is 25.0 Å². The summed E-state index contributed by atoms with van der Waals surface area (Å²) in [6.45, 7) is 1.48. The van der Waals surface area contributed by atoms with Crippen LogP contribution >= 0.6 is 11.6 Å².